The van der Waals surface area contributed by atoms with Crippen LogP contribution in [0.4, 0.5) is 0 Å². The quantitative estimate of drug-likeness (QED) is 0.812. The Morgan fingerprint density at radius 1 is 1.24 bits per heavy atom. The smallest absolute Gasteiger partial charge is 0.0677 e. The topological polar surface area (TPSA) is 21.3 Å². The molecule has 1 aliphatic carbocycles. The Balaban J connectivity index is 2.12. The minimum Gasteiger partial charge on any atom is -0.369 e. The average molecular weight is 239 g/mol. The zero-order valence-corrected chi connectivity index (χ0v) is 12.2. The summed E-state index contributed by atoms with van der Waals surface area (Å²) in [6.45, 7) is 12.3. The van der Waals surface area contributed by atoms with E-state index in [9.17, 15) is 0 Å². The first-order chi connectivity index (χ1) is 7.86. The third-order valence-corrected chi connectivity index (χ3v) is 4.67. The van der Waals surface area contributed by atoms with Crippen molar-refractivity contribution in [1.29, 1.82) is 0 Å². The lowest BCUT2D eigenvalue weighted by Gasteiger charge is -2.42. The van der Waals surface area contributed by atoms with Crippen LogP contribution in [-0.2, 0) is 4.74 Å². The minimum atomic E-state index is 0.0198. The number of nitrogens with one attached hydrogen (secondary N) is 1. The second-order valence-corrected chi connectivity index (χ2v) is 7.05. The Morgan fingerprint density at radius 3 is 2.24 bits per heavy atom. The summed E-state index contributed by atoms with van der Waals surface area (Å²) in [6.07, 6.45) is 5.42. The number of hydrogen-bond donors (Lipinski definition) is 1. The van der Waals surface area contributed by atoms with Gasteiger partial charge in [0.05, 0.1) is 11.2 Å². The molecule has 0 amide bonds. The van der Waals surface area contributed by atoms with Gasteiger partial charge in [-0.25, -0.2) is 0 Å². The molecule has 2 fully saturated rings. The lowest BCUT2D eigenvalue weighted by atomic mass is 9.69. The molecule has 2 atom stereocenters. The Bertz CT molecular complexity index is 268. The molecular weight excluding hydrogens is 210 g/mol. The van der Waals surface area contributed by atoms with Crippen molar-refractivity contribution in [2.24, 2.45) is 11.8 Å². The van der Waals surface area contributed by atoms with E-state index < -0.39 is 0 Å². The predicted octanol–water partition coefficient (Wildman–Crippen LogP) is 3.36. The van der Waals surface area contributed by atoms with Gasteiger partial charge in [-0.2, -0.15) is 0 Å². The van der Waals surface area contributed by atoms with Gasteiger partial charge in [-0.1, -0.05) is 13.3 Å². The van der Waals surface area contributed by atoms with Gasteiger partial charge in [0.2, 0.25) is 0 Å². The van der Waals surface area contributed by atoms with Crippen LogP contribution in [0, 0.1) is 11.8 Å². The Hall–Kier alpha value is -0.0800. The largest absolute Gasteiger partial charge is 0.369 e. The van der Waals surface area contributed by atoms with Crippen LogP contribution in [-0.4, -0.2) is 23.8 Å². The van der Waals surface area contributed by atoms with Gasteiger partial charge in [0, 0.05) is 12.0 Å². The molecule has 1 N–H and O–H groups in total. The highest BCUT2D eigenvalue weighted by molar-refractivity contribution is 5.02. The van der Waals surface area contributed by atoms with Crippen LogP contribution < -0.4 is 5.32 Å². The molecule has 100 valence electrons. The standard InChI is InChI=1S/C15H29NO/c1-6-16-13(11-8-7-9-11)12-10-14(2,3)17-15(12,4)5/h11-13,16H,6-10H2,1-5H3. The van der Waals surface area contributed by atoms with E-state index in [0.717, 1.165) is 12.5 Å². The van der Waals surface area contributed by atoms with E-state index in [4.69, 9.17) is 4.74 Å². The van der Waals surface area contributed by atoms with Crippen molar-refractivity contribution in [2.45, 2.75) is 77.5 Å². The monoisotopic (exact) mass is 239 g/mol. The van der Waals surface area contributed by atoms with Gasteiger partial charge in [0.1, 0.15) is 0 Å². The van der Waals surface area contributed by atoms with Crippen LogP contribution in [0.15, 0.2) is 0 Å². The highest BCUT2D eigenvalue weighted by Gasteiger charge is 2.50. The predicted molar refractivity (Wildman–Crippen MR) is 72.2 cm³/mol. The maximum Gasteiger partial charge on any atom is 0.0677 e. The first-order valence-corrected chi connectivity index (χ1v) is 7.29. The Labute approximate surface area is 107 Å². The fraction of sp³-hybridized carbons (Fsp3) is 1.00. The molecule has 0 aromatic heterocycles. The maximum absolute atomic E-state index is 6.25. The van der Waals surface area contributed by atoms with Crippen LogP contribution in [0.3, 0.4) is 0 Å². The van der Waals surface area contributed by atoms with Crippen molar-refractivity contribution >= 4 is 0 Å². The second kappa shape index (κ2) is 4.55. The summed E-state index contributed by atoms with van der Waals surface area (Å²) in [4.78, 5) is 0. The van der Waals surface area contributed by atoms with Crippen molar-refractivity contribution in [3.63, 3.8) is 0 Å². The van der Waals surface area contributed by atoms with Crippen molar-refractivity contribution < 1.29 is 4.74 Å². The van der Waals surface area contributed by atoms with Gasteiger partial charge >= 0.3 is 0 Å². The molecule has 2 aliphatic rings. The third kappa shape index (κ3) is 2.68. The molecule has 1 saturated carbocycles. The molecule has 1 heterocycles. The molecule has 0 spiro atoms. The first-order valence-electron chi connectivity index (χ1n) is 7.29. The van der Waals surface area contributed by atoms with Crippen LogP contribution in [0.1, 0.15) is 60.3 Å². The Kier molecular flexibility index (Phi) is 3.57. The van der Waals surface area contributed by atoms with E-state index in [1.54, 1.807) is 0 Å². The Morgan fingerprint density at radius 2 is 1.88 bits per heavy atom. The van der Waals surface area contributed by atoms with Crippen LogP contribution in [0.2, 0.25) is 0 Å². The fourth-order valence-corrected chi connectivity index (χ4v) is 3.84. The lowest BCUT2D eigenvalue weighted by Crippen LogP contribution is -2.50. The summed E-state index contributed by atoms with van der Waals surface area (Å²) in [6, 6.07) is 0.658. The molecule has 1 aliphatic heterocycles. The molecule has 2 nitrogen and oxygen atoms in total. The first kappa shape index (κ1) is 13.4. The van der Waals surface area contributed by atoms with Gasteiger partial charge in [-0.05, 0) is 59.4 Å². The normalized spacial score (nSPS) is 33.4. The fourth-order valence-electron chi connectivity index (χ4n) is 3.84. The van der Waals surface area contributed by atoms with Gasteiger partial charge in [-0.3, -0.25) is 0 Å². The molecule has 2 rings (SSSR count). The highest BCUT2D eigenvalue weighted by atomic mass is 16.5. The molecular formula is C15H29NO. The lowest BCUT2D eigenvalue weighted by molar-refractivity contribution is -0.0809. The van der Waals surface area contributed by atoms with Crippen LogP contribution in [0.5, 0.6) is 0 Å². The molecule has 0 radical (unpaired) electrons. The SMILES string of the molecule is CCNC(C1CCC1)C1CC(C)(C)OC1(C)C. The van der Waals surface area contributed by atoms with E-state index >= 15 is 0 Å². The van der Waals surface area contributed by atoms with Crippen molar-refractivity contribution in [1.82, 2.24) is 5.32 Å². The molecule has 0 aromatic carbocycles. The number of hydrogen-bond acceptors (Lipinski definition) is 2. The summed E-state index contributed by atoms with van der Waals surface area (Å²) in [5.74, 6) is 1.54. The maximum atomic E-state index is 6.25. The van der Waals surface area contributed by atoms with Gasteiger partial charge in [-0.15, -0.1) is 0 Å². The second-order valence-electron chi connectivity index (χ2n) is 7.05. The van der Waals surface area contributed by atoms with Gasteiger partial charge in [0.25, 0.3) is 0 Å². The summed E-state index contributed by atoms with van der Waals surface area (Å²) in [5, 5.41) is 3.74. The van der Waals surface area contributed by atoms with Crippen molar-refractivity contribution in [3.05, 3.63) is 0 Å². The van der Waals surface area contributed by atoms with E-state index in [1.807, 2.05) is 0 Å². The molecule has 2 heteroatoms. The minimum absolute atomic E-state index is 0.0198. The van der Waals surface area contributed by atoms with E-state index in [2.05, 4.69) is 39.9 Å². The van der Waals surface area contributed by atoms with Crippen molar-refractivity contribution in [2.75, 3.05) is 6.54 Å². The van der Waals surface area contributed by atoms with E-state index in [1.165, 1.54) is 25.7 Å². The average Bonchev–Trinajstić information content (AvgIpc) is 2.30. The van der Waals surface area contributed by atoms with Gasteiger partial charge in [0.15, 0.2) is 0 Å². The van der Waals surface area contributed by atoms with Crippen LogP contribution in [0.25, 0.3) is 0 Å². The van der Waals surface area contributed by atoms with Crippen molar-refractivity contribution in [3.8, 4) is 0 Å². The summed E-state index contributed by atoms with van der Waals surface area (Å²) >= 11 is 0. The number of rotatable bonds is 4. The zero-order chi connectivity index (χ0) is 12.7. The highest BCUT2D eigenvalue weighted by Crippen LogP contribution is 2.47. The molecule has 1 saturated heterocycles. The van der Waals surface area contributed by atoms with Gasteiger partial charge < -0.3 is 10.1 Å². The molecule has 17 heavy (non-hydrogen) atoms. The summed E-state index contributed by atoms with van der Waals surface area (Å²) in [5.41, 5.74) is 0.0670. The van der Waals surface area contributed by atoms with E-state index in [-0.39, 0.29) is 11.2 Å². The zero-order valence-electron chi connectivity index (χ0n) is 12.2. The third-order valence-electron chi connectivity index (χ3n) is 4.67. The summed E-state index contributed by atoms with van der Waals surface area (Å²) < 4.78 is 6.25. The summed E-state index contributed by atoms with van der Waals surface area (Å²) in [7, 11) is 0. The molecule has 0 aromatic rings. The molecule has 0 bridgehead atoms. The van der Waals surface area contributed by atoms with Crippen LogP contribution >= 0.6 is 0 Å². The molecule has 2 unspecified atom stereocenters. The van der Waals surface area contributed by atoms with E-state index in [0.29, 0.717) is 12.0 Å². The number of ether oxygens (including phenoxy) is 1.